The highest BCUT2D eigenvalue weighted by Crippen LogP contribution is 2.29. The van der Waals surface area contributed by atoms with Gasteiger partial charge in [0, 0.05) is 7.05 Å². The second-order valence-corrected chi connectivity index (χ2v) is 7.44. The van der Waals surface area contributed by atoms with Crippen molar-refractivity contribution in [2.45, 2.75) is 20.4 Å². The summed E-state index contributed by atoms with van der Waals surface area (Å²) >= 11 is 1.18. The van der Waals surface area contributed by atoms with E-state index in [1.807, 2.05) is 0 Å². The number of rotatable bonds is 6. The van der Waals surface area contributed by atoms with Crippen LogP contribution in [-0.4, -0.2) is 36.8 Å². The molecule has 0 aromatic carbocycles. The molecule has 0 fully saturated rings. The zero-order valence-corrected chi connectivity index (χ0v) is 17.2. The van der Waals surface area contributed by atoms with Crippen molar-refractivity contribution < 1.29 is 28.0 Å². The van der Waals surface area contributed by atoms with Gasteiger partial charge in [-0.05, 0) is 43.7 Å². The van der Waals surface area contributed by atoms with E-state index < -0.39 is 5.97 Å². The number of nitrogens with zero attached hydrogens (tertiary/aromatic N) is 1. The van der Waals surface area contributed by atoms with Gasteiger partial charge >= 0.3 is 5.97 Å². The summed E-state index contributed by atoms with van der Waals surface area (Å²) in [6.45, 7) is 3.64. The number of aryl methyl sites for hydroxylation is 2. The first kappa shape index (κ1) is 20.4. The second kappa shape index (κ2) is 8.36. The van der Waals surface area contributed by atoms with E-state index >= 15 is 0 Å². The van der Waals surface area contributed by atoms with Crippen molar-refractivity contribution >= 4 is 34.1 Å². The Morgan fingerprint density at radius 2 is 2.00 bits per heavy atom. The molecule has 0 saturated heterocycles. The largest absolute Gasteiger partial charge is 0.465 e. The molecule has 0 spiro atoms. The van der Waals surface area contributed by atoms with Crippen LogP contribution in [0.15, 0.2) is 39.4 Å². The summed E-state index contributed by atoms with van der Waals surface area (Å²) in [5.74, 6) is 0.0000682. The fraction of sp³-hybridized carbons (Fsp3) is 0.250. The van der Waals surface area contributed by atoms with Crippen LogP contribution in [0.25, 0.3) is 0 Å². The van der Waals surface area contributed by atoms with Crippen molar-refractivity contribution in [2.24, 2.45) is 0 Å². The molecule has 152 valence electrons. The predicted molar refractivity (Wildman–Crippen MR) is 106 cm³/mol. The van der Waals surface area contributed by atoms with E-state index in [9.17, 15) is 14.4 Å². The zero-order chi connectivity index (χ0) is 21.1. The molecule has 0 saturated carbocycles. The lowest BCUT2D eigenvalue weighted by molar-refractivity contribution is 0.0598. The highest BCUT2D eigenvalue weighted by molar-refractivity contribution is 7.18. The van der Waals surface area contributed by atoms with E-state index in [0.717, 1.165) is 5.56 Å². The molecule has 0 aliphatic carbocycles. The predicted octanol–water partition coefficient (Wildman–Crippen LogP) is 3.86. The summed E-state index contributed by atoms with van der Waals surface area (Å²) in [6.07, 6.45) is 1.42. The Balaban J connectivity index is 1.70. The molecule has 0 aliphatic rings. The fourth-order valence-corrected chi connectivity index (χ4v) is 3.81. The maximum atomic E-state index is 12.9. The van der Waals surface area contributed by atoms with Gasteiger partial charge in [-0.15, -0.1) is 11.3 Å². The van der Waals surface area contributed by atoms with Crippen LogP contribution in [0.2, 0.25) is 0 Å². The van der Waals surface area contributed by atoms with Gasteiger partial charge in [0.2, 0.25) is 0 Å². The number of carbonyl (C=O) groups excluding carboxylic acids is 3. The number of anilines is 1. The zero-order valence-electron chi connectivity index (χ0n) is 16.4. The van der Waals surface area contributed by atoms with Crippen molar-refractivity contribution in [1.82, 2.24) is 4.90 Å². The van der Waals surface area contributed by atoms with Crippen molar-refractivity contribution in [1.29, 1.82) is 0 Å². The van der Waals surface area contributed by atoms with Crippen molar-refractivity contribution in [3.8, 4) is 0 Å². The fourth-order valence-electron chi connectivity index (χ4n) is 2.75. The molecule has 0 bridgehead atoms. The summed E-state index contributed by atoms with van der Waals surface area (Å²) in [5, 5.41) is 3.27. The first-order chi connectivity index (χ1) is 13.8. The van der Waals surface area contributed by atoms with Crippen LogP contribution in [-0.2, 0) is 11.3 Å². The molecule has 0 unspecified atom stereocenters. The molecular formula is C20H20N2O6S. The number of hydrogen-bond acceptors (Lipinski definition) is 7. The summed E-state index contributed by atoms with van der Waals surface area (Å²) in [4.78, 5) is 38.7. The Kier molecular flexibility index (Phi) is 5.88. The molecule has 2 amide bonds. The van der Waals surface area contributed by atoms with E-state index in [4.69, 9.17) is 13.6 Å². The number of amides is 2. The standard InChI is InChI=1S/C20H20N2O6S/c1-11-8-16(21-18(23)15-6-5-7-27-15)29-17(11)19(24)22(3)10-13-9-14(12(2)28-13)20(25)26-4/h5-9H,10H2,1-4H3,(H,21,23). The summed E-state index contributed by atoms with van der Waals surface area (Å²) < 4.78 is 15.3. The third kappa shape index (κ3) is 4.40. The number of carbonyl (C=O) groups is 3. The third-order valence-electron chi connectivity index (χ3n) is 4.21. The molecule has 0 aliphatic heterocycles. The molecule has 3 aromatic heterocycles. The molecule has 3 rings (SSSR count). The van der Waals surface area contributed by atoms with Gasteiger partial charge in [-0.25, -0.2) is 4.79 Å². The number of esters is 1. The number of ether oxygens (including phenoxy) is 1. The van der Waals surface area contributed by atoms with Gasteiger partial charge in [0.15, 0.2) is 5.76 Å². The van der Waals surface area contributed by atoms with Crippen LogP contribution < -0.4 is 5.32 Å². The van der Waals surface area contributed by atoms with E-state index in [1.165, 1.54) is 29.6 Å². The van der Waals surface area contributed by atoms with Crippen molar-refractivity contribution in [2.75, 3.05) is 19.5 Å². The topological polar surface area (TPSA) is 102 Å². The minimum Gasteiger partial charge on any atom is -0.465 e. The minimum absolute atomic E-state index is 0.183. The lowest BCUT2D eigenvalue weighted by atomic mass is 10.2. The molecule has 0 atom stereocenters. The second-order valence-electron chi connectivity index (χ2n) is 6.39. The molecule has 8 nitrogen and oxygen atoms in total. The summed E-state index contributed by atoms with van der Waals surface area (Å²) in [5.41, 5.74) is 1.08. The monoisotopic (exact) mass is 416 g/mol. The summed E-state index contributed by atoms with van der Waals surface area (Å²) in [7, 11) is 2.93. The number of methoxy groups -OCH3 is 1. The van der Waals surface area contributed by atoms with Crippen LogP contribution in [0.1, 0.15) is 47.7 Å². The first-order valence-corrected chi connectivity index (χ1v) is 9.50. The lowest BCUT2D eigenvalue weighted by Gasteiger charge is -2.15. The molecular weight excluding hydrogens is 396 g/mol. The van der Waals surface area contributed by atoms with Crippen molar-refractivity contribution in [3.05, 3.63) is 63.8 Å². The van der Waals surface area contributed by atoms with Gasteiger partial charge in [-0.3, -0.25) is 9.59 Å². The average Bonchev–Trinajstić information content (AvgIpc) is 3.41. The van der Waals surface area contributed by atoms with E-state index in [0.29, 0.717) is 27.0 Å². The van der Waals surface area contributed by atoms with Gasteiger partial charge in [0.1, 0.15) is 17.1 Å². The number of furan rings is 2. The Hall–Kier alpha value is -3.33. The Bertz CT molecular complexity index is 1050. The van der Waals surface area contributed by atoms with Crippen molar-refractivity contribution in [3.63, 3.8) is 0 Å². The Morgan fingerprint density at radius 1 is 1.24 bits per heavy atom. The molecule has 9 heteroatoms. The van der Waals surface area contributed by atoms with E-state index in [-0.39, 0.29) is 24.1 Å². The minimum atomic E-state index is -0.488. The molecule has 29 heavy (non-hydrogen) atoms. The average molecular weight is 416 g/mol. The van der Waals surface area contributed by atoms with Gasteiger partial charge in [-0.1, -0.05) is 0 Å². The SMILES string of the molecule is COC(=O)c1cc(CN(C)C(=O)c2sc(NC(=O)c3ccco3)cc2C)oc1C. The maximum Gasteiger partial charge on any atom is 0.341 e. The van der Waals surface area contributed by atoms with Crippen LogP contribution in [0.3, 0.4) is 0 Å². The quantitative estimate of drug-likeness (QED) is 0.612. The van der Waals surface area contributed by atoms with Crippen LogP contribution in [0.5, 0.6) is 0 Å². The smallest absolute Gasteiger partial charge is 0.341 e. The van der Waals surface area contributed by atoms with Crippen LogP contribution >= 0.6 is 11.3 Å². The lowest BCUT2D eigenvalue weighted by Crippen LogP contribution is -2.25. The first-order valence-electron chi connectivity index (χ1n) is 8.68. The third-order valence-corrected chi connectivity index (χ3v) is 5.35. The molecule has 3 heterocycles. The molecule has 1 N–H and O–H groups in total. The molecule has 0 radical (unpaired) electrons. The maximum absolute atomic E-state index is 12.9. The number of thiophene rings is 1. The number of hydrogen-bond donors (Lipinski definition) is 1. The van der Waals surface area contributed by atoms with Crippen LogP contribution in [0, 0.1) is 13.8 Å². The Morgan fingerprint density at radius 3 is 2.66 bits per heavy atom. The normalized spacial score (nSPS) is 10.6. The highest BCUT2D eigenvalue weighted by atomic mass is 32.1. The van der Waals surface area contributed by atoms with E-state index in [1.54, 1.807) is 45.2 Å². The highest BCUT2D eigenvalue weighted by Gasteiger charge is 2.22. The van der Waals surface area contributed by atoms with E-state index in [2.05, 4.69) is 5.32 Å². The van der Waals surface area contributed by atoms with Gasteiger partial charge in [0.25, 0.3) is 11.8 Å². The summed E-state index contributed by atoms with van der Waals surface area (Å²) in [6, 6.07) is 6.49. The van der Waals surface area contributed by atoms with Gasteiger partial charge < -0.3 is 23.8 Å². The van der Waals surface area contributed by atoms with Gasteiger partial charge in [0.05, 0.1) is 29.8 Å². The van der Waals surface area contributed by atoms with Gasteiger partial charge in [-0.2, -0.15) is 0 Å². The molecule has 3 aromatic rings. The number of nitrogens with one attached hydrogen (secondary N) is 1. The Labute approximate surface area is 171 Å². The van der Waals surface area contributed by atoms with Crippen LogP contribution in [0.4, 0.5) is 5.00 Å².